The summed E-state index contributed by atoms with van der Waals surface area (Å²) < 4.78 is 19.1. The summed E-state index contributed by atoms with van der Waals surface area (Å²) in [7, 11) is 0. The predicted molar refractivity (Wildman–Crippen MR) is 119 cm³/mol. The van der Waals surface area contributed by atoms with Crippen LogP contribution >= 0.6 is 0 Å². The molecule has 0 fully saturated rings. The van der Waals surface area contributed by atoms with E-state index in [2.05, 4.69) is 29.6 Å². The SMILES string of the molecule is CC(=O)c1cc(C=CCNC(=O)OCC2c3ccccc3-c3ccccc32)ccc1F. The molecule has 156 valence electrons. The lowest BCUT2D eigenvalue weighted by molar-refractivity contribution is 0.101. The Morgan fingerprint density at radius 3 is 2.29 bits per heavy atom. The Bertz CT molecular complexity index is 1120. The van der Waals surface area contributed by atoms with Gasteiger partial charge in [0, 0.05) is 12.5 Å². The fraction of sp³-hybridized carbons (Fsp3) is 0.154. The maximum atomic E-state index is 13.6. The van der Waals surface area contributed by atoms with Crippen LogP contribution in [0, 0.1) is 5.82 Å². The monoisotopic (exact) mass is 415 g/mol. The minimum atomic E-state index is -0.540. The smallest absolute Gasteiger partial charge is 0.407 e. The molecular weight excluding hydrogens is 393 g/mol. The quantitative estimate of drug-likeness (QED) is 0.535. The van der Waals surface area contributed by atoms with Crippen molar-refractivity contribution in [3.05, 3.63) is 101 Å². The number of fused-ring (bicyclic) bond motifs is 3. The van der Waals surface area contributed by atoms with E-state index in [1.807, 2.05) is 24.3 Å². The Labute approximate surface area is 180 Å². The van der Waals surface area contributed by atoms with Gasteiger partial charge in [-0.15, -0.1) is 0 Å². The van der Waals surface area contributed by atoms with E-state index in [0.717, 1.165) is 11.1 Å². The van der Waals surface area contributed by atoms with Crippen LogP contribution in [-0.4, -0.2) is 25.0 Å². The van der Waals surface area contributed by atoms with Gasteiger partial charge in [-0.25, -0.2) is 9.18 Å². The Kier molecular flexibility index (Phi) is 5.94. The highest BCUT2D eigenvalue weighted by molar-refractivity contribution is 5.94. The lowest BCUT2D eigenvalue weighted by Gasteiger charge is -2.14. The molecule has 1 aliphatic rings. The molecule has 3 aromatic rings. The average molecular weight is 415 g/mol. The zero-order valence-corrected chi connectivity index (χ0v) is 17.1. The Hall–Kier alpha value is -3.73. The molecule has 0 atom stereocenters. The Balaban J connectivity index is 1.33. The fourth-order valence-corrected chi connectivity index (χ4v) is 3.90. The first kappa shape index (κ1) is 20.5. The molecule has 0 bridgehead atoms. The van der Waals surface area contributed by atoms with Crippen molar-refractivity contribution in [1.29, 1.82) is 0 Å². The molecule has 0 saturated carbocycles. The summed E-state index contributed by atoms with van der Waals surface area (Å²) in [6.45, 7) is 1.83. The van der Waals surface area contributed by atoms with Gasteiger partial charge in [0.2, 0.25) is 0 Å². The number of carbonyl (C=O) groups excluding carboxylic acids is 2. The predicted octanol–water partition coefficient (Wildman–Crippen LogP) is 5.58. The molecule has 4 rings (SSSR count). The topological polar surface area (TPSA) is 55.4 Å². The van der Waals surface area contributed by atoms with Gasteiger partial charge in [0.1, 0.15) is 12.4 Å². The van der Waals surface area contributed by atoms with E-state index >= 15 is 0 Å². The molecule has 0 spiro atoms. The van der Waals surface area contributed by atoms with Gasteiger partial charge in [0.05, 0.1) is 5.56 Å². The highest BCUT2D eigenvalue weighted by atomic mass is 19.1. The third kappa shape index (κ3) is 4.40. The molecule has 0 radical (unpaired) electrons. The van der Waals surface area contributed by atoms with Crippen LogP contribution in [0.4, 0.5) is 9.18 Å². The molecular formula is C26H22FNO3. The highest BCUT2D eigenvalue weighted by Gasteiger charge is 2.28. The number of carbonyl (C=O) groups is 2. The molecule has 1 amide bonds. The summed E-state index contributed by atoms with van der Waals surface area (Å²) in [4.78, 5) is 23.6. The summed E-state index contributed by atoms with van der Waals surface area (Å²) in [5, 5.41) is 2.68. The van der Waals surface area contributed by atoms with Crippen molar-refractivity contribution in [1.82, 2.24) is 5.32 Å². The molecule has 1 aliphatic carbocycles. The van der Waals surface area contributed by atoms with Gasteiger partial charge in [-0.05, 0) is 46.9 Å². The maximum Gasteiger partial charge on any atom is 0.407 e. The lowest BCUT2D eigenvalue weighted by Crippen LogP contribution is -2.26. The van der Waals surface area contributed by atoms with Crippen LogP contribution < -0.4 is 5.32 Å². The normalized spacial score (nSPS) is 12.5. The first-order chi connectivity index (χ1) is 15.0. The maximum absolute atomic E-state index is 13.6. The fourth-order valence-electron chi connectivity index (χ4n) is 3.90. The van der Waals surface area contributed by atoms with E-state index in [4.69, 9.17) is 4.74 Å². The minimum Gasteiger partial charge on any atom is -0.449 e. The third-order valence-corrected chi connectivity index (χ3v) is 5.39. The summed E-state index contributed by atoms with van der Waals surface area (Å²) in [5.41, 5.74) is 5.41. The second-order valence-corrected chi connectivity index (χ2v) is 7.40. The number of ether oxygens (including phenoxy) is 1. The Morgan fingerprint density at radius 2 is 1.65 bits per heavy atom. The molecule has 0 heterocycles. The van der Waals surface area contributed by atoms with Crippen molar-refractivity contribution in [2.75, 3.05) is 13.2 Å². The molecule has 1 N–H and O–H groups in total. The standard InChI is InChI=1S/C26H22FNO3/c1-17(29)23-15-18(12-13-25(23)27)7-6-14-28-26(30)31-16-24-21-10-4-2-8-19(21)20-9-3-5-11-22(20)24/h2-13,15,24H,14,16H2,1H3,(H,28,30). The number of hydrogen-bond donors (Lipinski definition) is 1. The van der Waals surface area contributed by atoms with E-state index in [1.54, 1.807) is 18.2 Å². The number of benzene rings is 3. The van der Waals surface area contributed by atoms with E-state index in [-0.39, 0.29) is 30.4 Å². The van der Waals surface area contributed by atoms with E-state index in [9.17, 15) is 14.0 Å². The van der Waals surface area contributed by atoms with Gasteiger partial charge < -0.3 is 10.1 Å². The zero-order valence-electron chi connectivity index (χ0n) is 17.1. The average Bonchev–Trinajstić information content (AvgIpc) is 3.10. The van der Waals surface area contributed by atoms with Crippen LogP contribution in [0.2, 0.25) is 0 Å². The number of amides is 1. The number of nitrogens with one attached hydrogen (secondary N) is 1. The largest absolute Gasteiger partial charge is 0.449 e. The van der Waals surface area contributed by atoms with Crippen LogP contribution in [0.1, 0.15) is 39.9 Å². The minimum absolute atomic E-state index is 0.0120. The van der Waals surface area contributed by atoms with Gasteiger partial charge >= 0.3 is 6.09 Å². The lowest BCUT2D eigenvalue weighted by atomic mass is 9.98. The number of hydrogen-bond acceptors (Lipinski definition) is 3. The summed E-state index contributed by atoms with van der Waals surface area (Å²) in [6.07, 6.45) is 2.93. The molecule has 5 heteroatoms. The first-order valence-corrected chi connectivity index (χ1v) is 10.1. The highest BCUT2D eigenvalue weighted by Crippen LogP contribution is 2.44. The molecule has 0 aromatic heterocycles. The summed E-state index contributed by atoms with van der Waals surface area (Å²) in [5.74, 6) is -0.858. The van der Waals surface area contributed by atoms with E-state index < -0.39 is 11.9 Å². The van der Waals surface area contributed by atoms with Crippen LogP contribution in [0.15, 0.2) is 72.8 Å². The number of Topliss-reactive ketones (excluding diaryl/α,β-unsaturated/α-hetero) is 1. The van der Waals surface area contributed by atoms with Gasteiger partial charge in [-0.2, -0.15) is 0 Å². The molecule has 0 saturated heterocycles. The van der Waals surface area contributed by atoms with Crippen LogP contribution in [0.5, 0.6) is 0 Å². The van der Waals surface area contributed by atoms with Crippen molar-refractivity contribution in [2.24, 2.45) is 0 Å². The first-order valence-electron chi connectivity index (χ1n) is 10.1. The van der Waals surface area contributed by atoms with Crippen LogP contribution in [-0.2, 0) is 4.74 Å². The van der Waals surface area contributed by atoms with Gasteiger partial charge in [0.15, 0.2) is 5.78 Å². The van der Waals surface area contributed by atoms with E-state index in [1.165, 1.54) is 30.2 Å². The number of halogens is 1. The number of ketones is 1. The van der Waals surface area contributed by atoms with Crippen LogP contribution in [0.3, 0.4) is 0 Å². The van der Waals surface area contributed by atoms with Gasteiger partial charge in [-0.3, -0.25) is 4.79 Å². The second kappa shape index (κ2) is 8.96. The third-order valence-electron chi connectivity index (χ3n) is 5.39. The van der Waals surface area contributed by atoms with E-state index in [0.29, 0.717) is 5.56 Å². The van der Waals surface area contributed by atoms with Crippen molar-refractivity contribution < 1.29 is 18.7 Å². The van der Waals surface area contributed by atoms with Crippen molar-refractivity contribution >= 4 is 18.0 Å². The second-order valence-electron chi connectivity index (χ2n) is 7.40. The van der Waals surface area contributed by atoms with Crippen LogP contribution in [0.25, 0.3) is 17.2 Å². The molecule has 31 heavy (non-hydrogen) atoms. The number of alkyl carbamates (subject to hydrolysis) is 1. The van der Waals surface area contributed by atoms with Gasteiger partial charge in [0.25, 0.3) is 0 Å². The van der Waals surface area contributed by atoms with Crippen molar-refractivity contribution in [3.63, 3.8) is 0 Å². The summed E-state index contributed by atoms with van der Waals surface area (Å²) >= 11 is 0. The molecule has 3 aromatic carbocycles. The van der Waals surface area contributed by atoms with Crippen molar-refractivity contribution in [3.8, 4) is 11.1 Å². The van der Waals surface area contributed by atoms with Crippen molar-refractivity contribution in [2.45, 2.75) is 12.8 Å². The van der Waals surface area contributed by atoms with Gasteiger partial charge in [-0.1, -0.05) is 66.7 Å². The molecule has 4 nitrogen and oxygen atoms in total. The zero-order chi connectivity index (χ0) is 21.8. The summed E-state index contributed by atoms with van der Waals surface area (Å²) in [6, 6.07) is 20.7. The molecule has 0 aliphatic heterocycles. The molecule has 0 unspecified atom stereocenters. The Morgan fingerprint density at radius 1 is 1.00 bits per heavy atom. The number of rotatable bonds is 6.